The van der Waals surface area contributed by atoms with Crippen LogP contribution in [0.4, 0.5) is 5.82 Å². The average molecular weight is 263 g/mol. The lowest BCUT2D eigenvalue weighted by Gasteiger charge is -2.15. The summed E-state index contributed by atoms with van der Waals surface area (Å²) < 4.78 is 7.04. The predicted octanol–water partition coefficient (Wildman–Crippen LogP) is -0.437. The molecule has 1 saturated heterocycles. The number of allylic oxidation sites excluding steroid dienone is 1. The lowest BCUT2D eigenvalue weighted by Crippen LogP contribution is -2.27. The standard InChI is InChI=1S/C11H13N5O3/c1-2-5-7(17)8(18)11(19-5)16-4-15-6-9(12)13-3-14-10(6)16/h2-4,7-8,11,17-18H,1H3,(H2,12,13,14)/b5-2-/t7-,8+,11-/m1/s1. The zero-order chi connectivity index (χ0) is 13.6. The number of imidazole rings is 1. The highest BCUT2D eigenvalue weighted by Gasteiger charge is 2.41. The molecular formula is C11H13N5O3. The quantitative estimate of drug-likeness (QED) is 0.638. The summed E-state index contributed by atoms with van der Waals surface area (Å²) in [6.45, 7) is 1.72. The number of fused-ring (bicyclic) bond motifs is 1. The van der Waals surface area contributed by atoms with Gasteiger partial charge in [-0.15, -0.1) is 0 Å². The van der Waals surface area contributed by atoms with Crippen molar-refractivity contribution < 1.29 is 14.9 Å². The SMILES string of the molecule is C/C=C1\O[C@@H](n2cnc3c(N)ncnc32)[C@@H](O)[C@@H]1O. The number of anilines is 1. The highest BCUT2D eigenvalue weighted by Crippen LogP contribution is 2.33. The Morgan fingerprint density at radius 3 is 2.84 bits per heavy atom. The van der Waals surface area contributed by atoms with Crippen molar-refractivity contribution in [1.82, 2.24) is 19.5 Å². The largest absolute Gasteiger partial charge is 0.469 e. The van der Waals surface area contributed by atoms with Gasteiger partial charge in [-0.05, 0) is 13.0 Å². The fourth-order valence-electron chi connectivity index (χ4n) is 2.12. The number of aromatic nitrogens is 4. The van der Waals surface area contributed by atoms with Crippen LogP contribution in [0, 0.1) is 0 Å². The molecule has 3 atom stereocenters. The van der Waals surface area contributed by atoms with Gasteiger partial charge in [0, 0.05) is 0 Å². The molecule has 0 radical (unpaired) electrons. The van der Waals surface area contributed by atoms with Gasteiger partial charge in [0.25, 0.3) is 0 Å². The maximum absolute atomic E-state index is 10.0. The molecule has 0 spiro atoms. The zero-order valence-corrected chi connectivity index (χ0v) is 10.1. The van der Waals surface area contributed by atoms with Crippen LogP contribution in [0.15, 0.2) is 24.5 Å². The number of ether oxygens (including phenoxy) is 1. The van der Waals surface area contributed by atoms with Crippen molar-refractivity contribution in [2.75, 3.05) is 5.73 Å². The lowest BCUT2D eigenvalue weighted by molar-refractivity contribution is -0.0118. The summed E-state index contributed by atoms with van der Waals surface area (Å²) in [5.74, 6) is 0.574. The van der Waals surface area contributed by atoms with E-state index in [-0.39, 0.29) is 5.82 Å². The number of nitrogen functional groups attached to an aromatic ring is 1. The van der Waals surface area contributed by atoms with Gasteiger partial charge in [0.2, 0.25) is 6.23 Å². The minimum Gasteiger partial charge on any atom is -0.469 e. The van der Waals surface area contributed by atoms with Gasteiger partial charge in [-0.25, -0.2) is 15.0 Å². The minimum atomic E-state index is -1.10. The molecule has 4 N–H and O–H groups in total. The number of nitrogens with zero attached hydrogens (tertiary/aromatic N) is 4. The first-order chi connectivity index (χ1) is 9.13. The molecule has 1 fully saturated rings. The van der Waals surface area contributed by atoms with E-state index in [4.69, 9.17) is 10.5 Å². The summed E-state index contributed by atoms with van der Waals surface area (Å²) in [5, 5.41) is 19.8. The highest BCUT2D eigenvalue weighted by atomic mass is 16.5. The fraction of sp³-hybridized carbons (Fsp3) is 0.364. The number of nitrogens with two attached hydrogens (primary N) is 1. The minimum absolute atomic E-state index is 0.253. The van der Waals surface area contributed by atoms with E-state index in [9.17, 15) is 10.2 Å². The van der Waals surface area contributed by atoms with Crippen molar-refractivity contribution in [3.8, 4) is 0 Å². The smallest absolute Gasteiger partial charge is 0.207 e. The third-order valence-electron chi connectivity index (χ3n) is 3.11. The van der Waals surface area contributed by atoms with E-state index in [1.807, 2.05) is 0 Å². The molecule has 100 valence electrons. The molecule has 0 aromatic carbocycles. The fourth-order valence-corrected chi connectivity index (χ4v) is 2.12. The third kappa shape index (κ3) is 1.65. The van der Waals surface area contributed by atoms with Crippen molar-refractivity contribution in [3.63, 3.8) is 0 Å². The molecule has 0 unspecified atom stereocenters. The first-order valence-corrected chi connectivity index (χ1v) is 5.75. The number of aliphatic hydroxyl groups excluding tert-OH is 2. The normalized spacial score (nSPS) is 29.0. The number of aliphatic hydroxyl groups is 2. The summed E-state index contributed by atoms with van der Waals surface area (Å²) in [6.07, 6.45) is 1.42. The Kier molecular flexibility index (Phi) is 2.61. The second-order valence-corrected chi connectivity index (χ2v) is 4.22. The Hall–Kier alpha value is -2.19. The summed E-state index contributed by atoms with van der Waals surface area (Å²) in [5.41, 5.74) is 6.57. The molecule has 1 aliphatic heterocycles. The molecule has 19 heavy (non-hydrogen) atoms. The van der Waals surface area contributed by atoms with E-state index in [1.54, 1.807) is 13.0 Å². The van der Waals surface area contributed by atoms with Crippen LogP contribution in [0.2, 0.25) is 0 Å². The first-order valence-electron chi connectivity index (χ1n) is 5.75. The maximum Gasteiger partial charge on any atom is 0.207 e. The van der Waals surface area contributed by atoms with Gasteiger partial charge in [0.05, 0.1) is 0 Å². The summed E-state index contributed by atoms with van der Waals surface area (Å²) >= 11 is 0. The first kappa shape index (κ1) is 11.9. The van der Waals surface area contributed by atoms with Crippen LogP contribution in [0.3, 0.4) is 0 Å². The Labute approximate surface area is 108 Å². The van der Waals surface area contributed by atoms with Crippen LogP contribution in [0.25, 0.3) is 11.2 Å². The molecule has 1 aliphatic rings. The monoisotopic (exact) mass is 263 g/mol. The van der Waals surface area contributed by atoms with Crippen molar-refractivity contribution in [2.45, 2.75) is 25.4 Å². The van der Waals surface area contributed by atoms with Crippen LogP contribution in [0.1, 0.15) is 13.2 Å². The van der Waals surface area contributed by atoms with E-state index in [1.165, 1.54) is 17.2 Å². The molecule has 8 nitrogen and oxygen atoms in total. The molecule has 2 aromatic rings. The molecule has 0 amide bonds. The zero-order valence-electron chi connectivity index (χ0n) is 10.1. The van der Waals surface area contributed by atoms with Gasteiger partial charge in [0.15, 0.2) is 11.5 Å². The van der Waals surface area contributed by atoms with E-state index >= 15 is 0 Å². The number of rotatable bonds is 1. The van der Waals surface area contributed by atoms with E-state index < -0.39 is 18.4 Å². The van der Waals surface area contributed by atoms with Crippen LogP contribution in [0.5, 0.6) is 0 Å². The molecule has 3 heterocycles. The number of hydrogen-bond donors (Lipinski definition) is 3. The average Bonchev–Trinajstić information content (AvgIpc) is 2.94. The maximum atomic E-state index is 10.0. The van der Waals surface area contributed by atoms with Crippen molar-refractivity contribution in [3.05, 3.63) is 24.5 Å². The Morgan fingerprint density at radius 1 is 1.37 bits per heavy atom. The van der Waals surface area contributed by atoms with Crippen molar-refractivity contribution in [2.24, 2.45) is 0 Å². The van der Waals surface area contributed by atoms with Crippen LogP contribution < -0.4 is 5.73 Å². The Bertz CT molecular complexity index is 653. The van der Waals surface area contributed by atoms with Crippen molar-refractivity contribution >= 4 is 17.0 Å². The van der Waals surface area contributed by atoms with Gasteiger partial charge >= 0.3 is 0 Å². The van der Waals surface area contributed by atoms with Gasteiger partial charge in [-0.3, -0.25) is 4.57 Å². The molecule has 3 rings (SSSR count). The molecular weight excluding hydrogens is 250 g/mol. The van der Waals surface area contributed by atoms with Gasteiger partial charge in [0.1, 0.15) is 36.1 Å². The molecule has 2 aromatic heterocycles. The molecule has 0 aliphatic carbocycles. The molecule has 0 bridgehead atoms. The Morgan fingerprint density at radius 2 is 2.16 bits per heavy atom. The van der Waals surface area contributed by atoms with Gasteiger partial charge in [-0.1, -0.05) is 0 Å². The van der Waals surface area contributed by atoms with Crippen molar-refractivity contribution in [1.29, 1.82) is 0 Å². The predicted molar refractivity (Wildman–Crippen MR) is 65.6 cm³/mol. The topological polar surface area (TPSA) is 119 Å². The summed E-state index contributed by atoms with van der Waals surface area (Å²) in [7, 11) is 0. The van der Waals surface area contributed by atoms with Crippen LogP contribution in [-0.4, -0.2) is 41.9 Å². The Balaban J connectivity index is 2.09. The molecule has 8 heteroatoms. The second-order valence-electron chi connectivity index (χ2n) is 4.22. The van der Waals surface area contributed by atoms with Gasteiger partial charge in [-0.2, -0.15) is 0 Å². The molecule has 0 saturated carbocycles. The third-order valence-corrected chi connectivity index (χ3v) is 3.11. The van der Waals surface area contributed by atoms with E-state index in [2.05, 4.69) is 15.0 Å². The second kappa shape index (κ2) is 4.18. The number of hydrogen-bond acceptors (Lipinski definition) is 7. The summed E-state index contributed by atoms with van der Waals surface area (Å²) in [6, 6.07) is 0. The lowest BCUT2D eigenvalue weighted by atomic mass is 10.2. The van der Waals surface area contributed by atoms with E-state index in [0.29, 0.717) is 16.9 Å². The van der Waals surface area contributed by atoms with Crippen LogP contribution >= 0.6 is 0 Å². The summed E-state index contributed by atoms with van der Waals surface area (Å²) in [4.78, 5) is 12.0. The highest BCUT2D eigenvalue weighted by molar-refractivity contribution is 5.81. The van der Waals surface area contributed by atoms with E-state index in [0.717, 1.165) is 0 Å². The van der Waals surface area contributed by atoms with Gasteiger partial charge < -0.3 is 20.7 Å². The van der Waals surface area contributed by atoms with Crippen LogP contribution in [-0.2, 0) is 4.74 Å².